The summed E-state index contributed by atoms with van der Waals surface area (Å²) in [6.07, 6.45) is 10.8. The maximum atomic E-state index is 13.8. The number of likely N-dealkylation sites (tertiary alicyclic amines) is 1. The number of pyridine rings is 1. The number of Topliss-reactive ketones (excluding diaryl/α,β-unsaturated/α-hetero) is 1. The predicted molar refractivity (Wildman–Crippen MR) is 191 cm³/mol. The van der Waals surface area contributed by atoms with Crippen LogP contribution in [0.2, 0.25) is 0 Å². The van der Waals surface area contributed by atoms with E-state index in [1.165, 1.54) is 12.5 Å². The number of benzene rings is 2. The molecule has 50 heavy (non-hydrogen) atoms. The molecule has 8 rings (SSSR count). The summed E-state index contributed by atoms with van der Waals surface area (Å²) < 4.78 is 0. The van der Waals surface area contributed by atoms with Gasteiger partial charge in [0.05, 0.1) is 12.1 Å². The maximum Gasteiger partial charge on any atom is 0.239 e. The number of carbonyl (C=O) groups excluding carboxylic acids is 3. The van der Waals surface area contributed by atoms with Gasteiger partial charge in [-0.1, -0.05) is 30.3 Å². The quantitative estimate of drug-likeness (QED) is 0.197. The Hall–Kier alpha value is -5.55. The molecule has 1 atom stereocenters. The molecular formula is C39H38N8O3. The molecule has 0 bridgehead atoms. The molecular weight excluding hydrogens is 628 g/mol. The molecule has 11 nitrogen and oxygen atoms in total. The van der Waals surface area contributed by atoms with Gasteiger partial charge in [0.25, 0.3) is 0 Å². The first-order valence-electron chi connectivity index (χ1n) is 17.2. The smallest absolute Gasteiger partial charge is 0.239 e. The van der Waals surface area contributed by atoms with Crippen LogP contribution in [0, 0.1) is 5.41 Å². The first-order valence-corrected chi connectivity index (χ1v) is 17.2. The molecule has 2 fully saturated rings. The van der Waals surface area contributed by atoms with Crippen molar-refractivity contribution in [3.63, 3.8) is 0 Å². The van der Waals surface area contributed by atoms with Gasteiger partial charge < -0.3 is 10.2 Å². The Balaban J connectivity index is 0.905. The highest BCUT2D eigenvalue weighted by Gasteiger charge is 2.49. The first kappa shape index (κ1) is 31.7. The van der Waals surface area contributed by atoms with Gasteiger partial charge in [-0.2, -0.15) is 5.10 Å². The Morgan fingerprint density at radius 2 is 1.72 bits per heavy atom. The van der Waals surface area contributed by atoms with E-state index < -0.39 is 5.41 Å². The predicted octanol–water partition coefficient (Wildman–Crippen LogP) is 5.49. The molecule has 2 aromatic carbocycles. The van der Waals surface area contributed by atoms with E-state index in [4.69, 9.17) is 0 Å². The average Bonchev–Trinajstić information content (AvgIpc) is 3.78. The second-order valence-electron chi connectivity index (χ2n) is 13.6. The van der Waals surface area contributed by atoms with Gasteiger partial charge in [-0.15, -0.1) is 0 Å². The third-order valence-electron chi connectivity index (χ3n) is 10.3. The SMILES string of the molecule is CC(=O)C1(C(=O)Nc2ccc3[nH]nc(-c4ccnc(C5CC5)c4)c3c2)CCN(CC(=O)N2CC=C(c3ccc(-c4ncccn4)cc3)CC2)C1. The van der Waals surface area contributed by atoms with Crippen molar-refractivity contribution >= 4 is 39.8 Å². The van der Waals surface area contributed by atoms with Gasteiger partial charge in [0, 0.05) is 78.6 Å². The van der Waals surface area contributed by atoms with Crippen LogP contribution < -0.4 is 5.32 Å². The van der Waals surface area contributed by atoms with Crippen molar-refractivity contribution in [1.82, 2.24) is 34.9 Å². The molecule has 1 aliphatic carbocycles. The largest absolute Gasteiger partial charge is 0.338 e. The number of hydrogen-bond acceptors (Lipinski definition) is 8. The van der Waals surface area contributed by atoms with Gasteiger partial charge >= 0.3 is 0 Å². The number of hydrogen-bond donors (Lipinski definition) is 2. The summed E-state index contributed by atoms with van der Waals surface area (Å²) in [6, 6.07) is 19.6. The van der Waals surface area contributed by atoms with Crippen LogP contribution in [-0.4, -0.2) is 85.3 Å². The number of H-pyrrole nitrogens is 1. The normalized spacial score (nSPS) is 19.4. The lowest BCUT2D eigenvalue weighted by atomic mass is 9.82. The number of carbonyl (C=O) groups is 3. The van der Waals surface area contributed by atoms with Crippen molar-refractivity contribution in [2.24, 2.45) is 5.41 Å². The molecule has 11 heteroatoms. The fourth-order valence-corrected chi connectivity index (χ4v) is 7.15. The van der Waals surface area contributed by atoms with Gasteiger partial charge in [-0.25, -0.2) is 9.97 Å². The highest BCUT2D eigenvalue weighted by atomic mass is 16.2. The number of amides is 2. The number of nitrogens with zero attached hydrogens (tertiary/aromatic N) is 6. The Morgan fingerprint density at radius 1 is 0.920 bits per heavy atom. The van der Waals surface area contributed by atoms with E-state index in [1.54, 1.807) is 18.5 Å². The molecule has 2 N–H and O–H groups in total. The summed E-state index contributed by atoms with van der Waals surface area (Å²) in [4.78, 5) is 57.3. The average molecular weight is 667 g/mol. The highest BCUT2D eigenvalue weighted by molar-refractivity contribution is 6.12. The summed E-state index contributed by atoms with van der Waals surface area (Å²) in [5.41, 5.74) is 6.35. The molecule has 3 aliphatic rings. The second kappa shape index (κ2) is 13.1. The summed E-state index contributed by atoms with van der Waals surface area (Å²) in [5.74, 6) is 0.661. The highest BCUT2D eigenvalue weighted by Crippen LogP contribution is 2.40. The van der Waals surface area contributed by atoms with E-state index in [9.17, 15) is 14.4 Å². The maximum absolute atomic E-state index is 13.8. The molecule has 1 unspecified atom stereocenters. The topological polar surface area (TPSA) is 137 Å². The number of ketones is 1. The van der Waals surface area contributed by atoms with Crippen molar-refractivity contribution in [2.45, 2.75) is 38.5 Å². The van der Waals surface area contributed by atoms with Crippen LogP contribution >= 0.6 is 0 Å². The van der Waals surface area contributed by atoms with Gasteiger partial charge in [-0.05, 0) is 80.1 Å². The molecule has 1 saturated carbocycles. The van der Waals surface area contributed by atoms with Crippen LogP contribution in [0.25, 0.3) is 39.1 Å². The third-order valence-corrected chi connectivity index (χ3v) is 10.3. The van der Waals surface area contributed by atoms with Crippen LogP contribution in [0.5, 0.6) is 0 Å². The zero-order chi connectivity index (χ0) is 34.2. The lowest BCUT2D eigenvalue weighted by Crippen LogP contribution is -2.46. The van der Waals surface area contributed by atoms with Gasteiger partial charge in [0.1, 0.15) is 16.9 Å². The molecule has 2 amide bonds. The van der Waals surface area contributed by atoms with Crippen LogP contribution in [0.3, 0.4) is 0 Å². The van der Waals surface area contributed by atoms with E-state index in [-0.39, 0.29) is 30.7 Å². The van der Waals surface area contributed by atoms with E-state index in [0.717, 1.165) is 58.2 Å². The molecule has 0 spiro atoms. The first-order chi connectivity index (χ1) is 24.4. The third kappa shape index (κ3) is 6.20. The number of fused-ring (bicyclic) bond motifs is 1. The Bertz CT molecular complexity index is 2120. The molecule has 3 aromatic heterocycles. The Labute approximate surface area is 289 Å². The molecule has 1 saturated heterocycles. The molecule has 5 aromatic rings. The van der Waals surface area contributed by atoms with Crippen LogP contribution in [0.15, 0.2) is 85.3 Å². The summed E-state index contributed by atoms with van der Waals surface area (Å²) in [7, 11) is 0. The Morgan fingerprint density at radius 3 is 2.46 bits per heavy atom. The number of aromatic nitrogens is 5. The summed E-state index contributed by atoms with van der Waals surface area (Å²) in [5, 5.41) is 11.6. The van der Waals surface area contributed by atoms with Crippen molar-refractivity contribution in [3.8, 4) is 22.6 Å². The number of aromatic amines is 1. The van der Waals surface area contributed by atoms with E-state index >= 15 is 0 Å². The molecule has 252 valence electrons. The van der Waals surface area contributed by atoms with Crippen LogP contribution in [0.1, 0.15) is 49.8 Å². The minimum absolute atomic E-state index is 0.00414. The van der Waals surface area contributed by atoms with Crippen molar-refractivity contribution in [2.75, 3.05) is 38.0 Å². The molecule has 2 aliphatic heterocycles. The Kier molecular flexibility index (Phi) is 8.28. The number of anilines is 1. The minimum atomic E-state index is -1.23. The molecule has 5 heterocycles. The monoisotopic (exact) mass is 666 g/mol. The van der Waals surface area contributed by atoms with Crippen molar-refractivity contribution in [1.29, 1.82) is 0 Å². The zero-order valence-corrected chi connectivity index (χ0v) is 27.9. The van der Waals surface area contributed by atoms with Crippen molar-refractivity contribution < 1.29 is 14.4 Å². The molecule has 0 radical (unpaired) electrons. The van der Waals surface area contributed by atoms with Crippen molar-refractivity contribution in [3.05, 3.63) is 96.6 Å². The summed E-state index contributed by atoms with van der Waals surface area (Å²) in [6.45, 7) is 3.45. The van der Waals surface area contributed by atoms with E-state index in [2.05, 4.69) is 54.7 Å². The zero-order valence-electron chi connectivity index (χ0n) is 27.9. The van der Waals surface area contributed by atoms with E-state index in [0.29, 0.717) is 43.5 Å². The van der Waals surface area contributed by atoms with Gasteiger partial charge in [0.15, 0.2) is 5.82 Å². The number of rotatable bonds is 9. The fourth-order valence-electron chi connectivity index (χ4n) is 7.15. The standard InChI is InChI=1S/C39H38N8O3/c1-25(48)39(38(50)43-31-9-10-33-32(22-31)36(45-44-33)30-11-17-40-34(21-30)28-5-6-28)14-20-46(24-39)23-35(49)47-18-12-27(13-19-47)26-3-7-29(8-4-26)37-41-15-2-16-42-37/h2-4,7-12,15-17,21-22,28H,5-6,13-14,18-20,23-24H2,1H3,(H,43,50)(H,44,45). The van der Waals surface area contributed by atoms with Crippen LogP contribution in [-0.2, 0) is 14.4 Å². The van der Waals surface area contributed by atoms with Gasteiger partial charge in [-0.3, -0.25) is 29.4 Å². The summed E-state index contributed by atoms with van der Waals surface area (Å²) >= 11 is 0. The van der Waals surface area contributed by atoms with Gasteiger partial charge in [0.2, 0.25) is 11.8 Å². The number of nitrogens with one attached hydrogen (secondary N) is 2. The lowest BCUT2D eigenvalue weighted by Gasteiger charge is -2.29. The lowest BCUT2D eigenvalue weighted by molar-refractivity contribution is -0.138. The fraction of sp³-hybridized carbons (Fsp3) is 0.308. The second-order valence-corrected chi connectivity index (χ2v) is 13.6. The van der Waals surface area contributed by atoms with E-state index in [1.807, 2.05) is 52.4 Å². The minimum Gasteiger partial charge on any atom is -0.338 e. The van der Waals surface area contributed by atoms with Crippen LogP contribution in [0.4, 0.5) is 5.69 Å².